The van der Waals surface area contributed by atoms with Gasteiger partial charge >= 0.3 is 6.03 Å². The summed E-state index contributed by atoms with van der Waals surface area (Å²) in [6.45, 7) is 4.94. The molecule has 0 saturated carbocycles. The lowest BCUT2D eigenvalue weighted by atomic mass is 9.96. The van der Waals surface area contributed by atoms with Crippen LogP contribution in [0.25, 0.3) is 0 Å². The lowest BCUT2D eigenvalue weighted by molar-refractivity contribution is -0.136. The summed E-state index contributed by atoms with van der Waals surface area (Å²) in [5, 5.41) is 2.95. The monoisotopic (exact) mass is 347 g/mol. The summed E-state index contributed by atoms with van der Waals surface area (Å²) in [6, 6.07) is 7.68. The number of likely N-dealkylation sites (tertiary alicyclic amines) is 1. The van der Waals surface area contributed by atoms with Crippen LogP contribution < -0.4 is 5.32 Å². The van der Waals surface area contributed by atoms with Crippen LogP contribution in [0, 0.1) is 12.8 Å². The molecule has 1 atom stereocenters. The first-order chi connectivity index (χ1) is 11.6. The van der Waals surface area contributed by atoms with Gasteiger partial charge in [0.05, 0.1) is 5.92 Å². The maximum Gasteiger partial charge on any atom is 0.321 e. The molecule has 2 heterocycles. The average Bonchev–Trinajstić information content (AvgIpc) is 2.62. The smallest absolute Gasteiger partial charge is 0.321 e. The van der Waals surface area contributed by atoms with Crippen LogP contribution in [0.5, 0.6) is 0 Å². The van der Waals surface area contributed by atoms with E-state index in [1.165, 1.54) is 0 Å². The normalized spacial score (nSPS) is 21.5. The number of carbonyl (C=O) groups is 2. The number of piperidine rings is 1. The number of aryl methyl sites for hydroxylation is 1. The Morgan fingerprint density at radius 1 is 1.17 bits per heavy atom. The molecular weight excluding hydrogens is 322 g/mol. The van der Waals surface area contributed by atoms with Gasteiger partial charge in [0.25, 0.3) is 0 Å². The topological polar surface area (TPSA) is 52.7 Å². The first-order valence-corrected chi connectivity index (χ1v) is 9.78. The van der Waals surface area contributed by atoms with E-state index in [0.717, 1.165) is 55.2 Å². The van der Waals surface area contributed by atoms with Gasteiger partial charge < -0.3 is 15.1 Å². The average molecular weight is 347 g/mol. The van der Waals surface area contributed by atoms with Gasteiger partial charge in [-0.25, -0.2) is 4.79 Å². The van der Waals surface area contributed by atoms with Crippen LogP contribution in [0.1, 0.15) is 18.4 Å². The zero-order valence-electron chi connectivity index (χ0n) is 14.2. The molecule has 0 aliphatic carbocycles. The molecule has 130 valence electrons. The Labute approximate surface area is 147 Å². The van der Waals surface area contributed by atoms with Crippen molar-refractivity contribution in [1.29, 1.82) is 0 Å². The maximum atomic E-state index is 12.7. The maximum absolute atomic E-state index is 12.7. The Kier molecular flexibility index (Phi) is 5.66. The summed E-state index contributed by atoms with van der Waals surface area (Å²) in [7, 11) is 0. The number of anilines is 1. The summed E-state index contributed by atoms with van der Waals surface area (Å²) < 4.78 is 0. The highest BCUT2D eigenvalue weighted by Gasteiger charge is 2.31. The molecule has 1 aromatic carbocycles. The summed E-state index contributed by atoms with van der Waals surface area (Å²) in [5.74, 6) is 2.22. The number of nitrogens with zero attached hydrogens (tertiary/aromatic N) is 2. The third-order valence-electron chi connectivity index (χ3n) is 4.65. The van der Waals surface area contributed by atoms with E-state index in [-0.39, 0.29) is 17.9 Å². The Hall–Kier alpha value is -1.69. The number of hydrogen-bond acceptors (Lipinski definition) is 3. The van der Waals surface area contributed by atoms with Gasteiger partial charge in [-0.05, 0) is 37.5 Å². The molecule has 3 amide bonds. The van der Waals surface area contributed by atoms with Gasteiger partial charge in [0.15, 0.2) is 0 Å². The van der Waals surface area contributed by atoms with Crippen molar-refractivity contribution in [3.63, 3.8) is 0 Å². The number of benzene rings is 1. The second kappa shape index (κ2) is 7.92. The van der Waals surface area contributed by atoms with Gasteiger partial charge in [-0.3, -0.25) is 4.79 Å². The Balaban J connectivity index is 1.58. The summed E-state index contributed by atoms with van der Waals surface area (Å²) in [4.78, 5) is 29.0. The molecule has 24 heavy (non-hydrogen) atoms. The van der Waals surface area contributed by atoms with Crippen molar-refractivity contribution in [3.05, 3.63) is 29.8 Å². The van der Waals surface area contributed by atoms with Crippen molar-refractivity contribution < 1.29 is 9.59 Å². The van der Waals surface area contributed by atoms with E-state index in [1.54, 1.807) is 4.90 Å². The van der Waals surface area contributed by atoms with Crippen molar-refractivity contribution in [1.82, 2.24) is 9.80 Å². The van der Waals surface area contributed by atoms with E-state index in [1.807, 2.05) is 47.9 Å². The first-order valence-electron chi connectivity index (χ1n) is 8.62. The fourth-order valence-corrected chi connectivity index (χ4v) is 4.23. The van der Waals surface area contributed by atoms with E-state index in [4.69, 9.17) is 0 Å². The Bertz CT molecular complexity index is 602. The predicted molar refractivity (Wildman–Crippen MR) is 98.4 cm³/mol. The molecule has 2 aliphatic rings. The fraction of sp³-hybridized carbons (Fsp3) is 0.556. The quantitative estimate of drug-likeness (QED) is 0.895. The van der Waals surface area contributed by atoms with E-state index in [0.29, 0.717) is 6.54 Å². The summed E-state index contributed by atoms with van der Waals surface area (Å²) >= 11 is 1.90. The van der Waals surface area contributed by atoms with Crippen molar-refractivity contribution in [2.75, 3.05) is 43.0 Å². The van der Waals surface area contributed by atoms with Crippen LogP contribution in [0.2, 0.25) is 0 Å². The van der Waals surface area contributed by atoms with E-state index in [9.17, 15) is 9.59 Å². The fourth-order valence-electron chi connectivity index (χ4n) is 3.33. The zero-order chi connectivity index (χ0) is 16.9. The summed E-state index contributed by atoms with van der Waals surface area (Å²) in [6.07, 6.45) is 1.77. The molecule has 3 rings (SSSR count). The number of carbonyl (C=O) groups excluding carboxylic acids is 2. The van der Waals surface area contributed by atoms with Gasteiger partial charge in [0.1, 0.15) is 0 Å². The summed E-state index contributed by atoms with van der Waals surface area (Å²) in [5.41, 5.74) is 1.92. The molecule has 6 heteroatoms. The molecule has 0 aromatic heterocycles. The van der Waals surface area contributed by atoms with Gasteiger partial charge in [0, 0.05) is 43.4 Å². The molecule has 0 radical (unpaired) electrons. The highest BCUT2D eigenvalue weighted by molar-refractivity contribution is 7.99. The molecule has 0 bridgehead atoms. The third-order valence-corrected chi connectivity index (χ3v) is 5.59. The lowest BCUT2D eigenvalue weighted by Gasteiger charge is -2.36. The zero-order valence-corrected chi connectivity index (χ0v) is 15.0. The SMILES string of the molecule is Cc1cccc(NC(=O)N2CCC[C@@H](C(=O)N3CCSCC3)C2)c1. The molecule has 2 fully saturated rings. The van der Waals surface area contributed by atoms with Crippen LogP contribution >= 0.6 is 11.8 Å². The largest absolute Gasteiger partial charge is 0.341 e. The molecule has 2 saturated heterocycles. The lowest BCUT2D eigenvalue weighted by Crippen LogP contribution is -2.49. The minimum Gasteiger partial charge on any atom is -0.341 e. The van der Waals surface area contributed by atoms with Crippen LogP contribution in [-0.2, 0) is 4.79 Å². The van der Waals surface area contributed by atoms with Crippen LogP contribution in [0.4, 0.5) is 10.5 Å². The number of rotatable bonds is 2. The van der Waals surface area contributed by atoms with Crippen LogP contribution in [0.15, 0.2) is 24.3 Å². The third kappa shape index (κ3) is 4.23. The number of hydrogen-bond donors (Lipinski definition) is 1. The molecule has 0 spiro atoms. The van der Waals surface area contributed by atoms with Crippen molar-refractivity contribution in [2.45, 2.75) is 19.8 Å². The highest BCUT2D eigenvalue weighted by Crippen LogP contribution is 2.22. The molecule has 5 nitrogen and oxygen atoms in total. The Morgan fingerprint density at radius 3 is 2.71 bits per heavy atom. The Morgan fingerprint density at radius 2 is 1.96 bits per heavy atom. The second-order valence-corrected chi connectivity index (χ2v) is 7.75. The van der Waals surface area contributed by atoms with Gasteiger partial charge in [-0.1, -0.05) is 12.1 Å². The van der Waals surface area contributed by atoms with E-state index < -0.39 is 0 Å². The second-order valence-electron chi connectivity index (χ2n) is 6.52. The molecule has 2 aliphatic heterocycles. The first kappa shape index (κ1) is 17.1. The van der Waals surface area contributed by atoms with Crippen molar-refractivity contribution in [3.8, 4) is 0 Å². The van der Waals surface area contributed by atoms with E-state index >= 15 is 0 Å². The van der Waals surface area contributed by atoms with E-state index in [2.05, 4.69) is 5.32 Å². The number of urea groups is 1. The minimum absolute atomic E-state index is 0.0508. The number of nitrogens with one attached hydrogen (secondary N) is 1. The van der Waals surface area contributed by atoms with Crippen molar-refractivity contribution >= 4 is 29.4 Å². The van der Waals surface area contributed by atoms with Gasteiger partial charge in [0.2, 0.25) is 5.91 Å². The predicted octanol–water partition coefficient (Wildman–Crippen LogP) is 2.81. The molecule has 0 unspecified atom stereocenters. The van der Waals surface area contributed by atoms with Crippen LogP contribution in [0.3, 0.4) is 0 Å². The number of amides is 3. The molecule has 1 N–H and O–H groups in total. The number of thioether (sulfide) groups is 1. The van der Waals surface area contributed by atoms with Gasteiger partial charge in [-0.15, -0.1) is 0 Å². The highest BCUT2D eigenvalue weighted by atomic mass is 32.2. The van der Waals surface area contributed by atoms with Gasteiger partial charge in [-0.2, -0.15) is 11.8 Å². The molecular formula is C18H25N3O2S. The minimum atomic E-state index is -0.104. The van der Waals surface area contributed by atoms with Crippen LogP contribution in [-0.4, -0.2) is 59.4 Å². The molecule has 1 aromatic rings. The standard InChI is InChI=1S/C18H25N3O2S/c1-14-4-2-6-16(12-14)19-18(23)21-7-3-5-15(13-21)17(22)20-8-10-24-11-9-20/h2,4,6,12,15H,3,5,7-11,13H2,1H3,(H,19,23)/t15-/m1/s1. The van der Waals surface area contributed by atoms with Crippen molar-refractivity contribution in [2.24, 2.45) is 5.92 Å².